The van der Waals surface area contributed by atoms with E-state index in [9.17, 15) is 0 Å². The summed E-state index contributed by atoms with van der Waals surface area (Å²) >= 11 is 0. The van der Waals surface area contributed by atoms with Crippen LogP contribution < -0.4 is 11.1 Å². The second-order valence-corrected chi connectivity index (χ2v) is 1.98. The topological polar surface area (TPSA) is 64.1 Å². The molecular weight excluding hydrogens is 130 g/mol. The third-order valence-corrected chi connectivity index (χ3v) is 1.21. The van der Waals surface area contributed by atoms with Gasteiger partial charge in [-0.1, -0.05) is 12.1 Å². The Kier molecular flexibility index (Phi) is 2.28. The van der Waals surface area contributed by atoms with Gasteiger partial charge in [0.15, 0.2) is 5.76 Å². The lowest BCUT2D eigenvalue weighted by Gasteiger charge is -1.95. The highest BCUT2D eigenvalue weighted by molar-refractivity contribution is 5.37. The maximum Gasteiger partial charge on any atom is 0.173 e. The van der Waals surface area contributed by atoms with E-state index in [0.29, 0.717) is 18.0 Å². The lowest BCUT2D eigenvalue weighted by atomic mass is 10.4. The van der Waals surface area contributed by atoms with E-state index in [4.69, 9.17) is 10.3 Å². The van der Waals surface area contributed by atoms with E-state index < -0.39 is 0 Å². The fourth-order valence-corrected chi connectivity index (χ4v) is 0.644. The number of rotatable bonds is 3. The van der Waals surface area contributed by atoms with E-state index >= 15 is 0 Å². The average molecular weight is 141 g/mol. The summed E-state index contributed by atoms with van der Waals surface area (Å²) in [6, 6.07) is 0. The molecule has 0 unspecified atom stereocenters. The summed E-state index contributed by atoms with van der Waals surface area (Å²) in [5.41, 5.74) is 6.10. The highest BCUT2D eigenvalue weighted by Gasteiger charge is 2.01. The SMILES string of the molecule is CCNCc1oncc1N. The van der Waals surface area contributed by atoms with Crippen LogP contribution in [0.25, 0.3) is 0 Å². The van der Waals surface area contributed by atoms with Crippen molar-refractivity contribution >= 4 is 5.69 Å². The second-order valence-electron chi connectivity index (χ2n) is 1.98. The summed E-state index contributed by atoms with van der Waals surface area (Å²) in [4.78, 5) is 0. The molecule has 1 aromatic rings. The summed E-state index contributed by atoms with van der Waals surface area (Å²) in [5.74, 6) is 0.710. The molecule has 0 atom stereocenters. The zero-order valence-corrected chi connectivity index (χ0v) is 5.92. The van der Waals surface area contributed by atoms with Gasteiger partial charge in [0.25, 0.3) is 0 Å². The van der Waals surface area contributed by atoms with E-state index in [1.807, 2.05) is 6.92 Å². The number of hydrogen-bond acceptors (Lipinski definition) is 4. The van der Waals surface area contributed by atoms with Crippen molar-refractivity contribution in [2.24, 2.45) is 0 Å². The zero-order valence-electron chi connectivity index (χ0n) is 5.92. The molecule has 0 aromatic carbocycles. The molecule has 10 heavy (non-hydrogen) atoms. The number of hydrogen-bond donors (Lipinski definition) is 2. The van der Waals surface area contributed by atoms with Crippen LogP contribution in [-0.4, -0.2) is 11.7 Å². The van der Waals surface area contributed by atoms with Crippen molar-refractivity contribution in [2.75, 3.05) is 12.3 Å². The Balaban J connectivity index is 2.49. The van der Waals surface area contributed by atoms with E-state index in [1.54, 1.807) is 0 Å². The van der Waals surface area contributed by atoms with Crippen LogP contribution in [-0.2, 0) is 6.54 Å². The Labute approximate surface area is 59.4 Å². The summed E-state index contributed by atoms with van der Waals surface area (Å²) in [7, 11) is 0. The first-order chi connectivity index (χ1) is 4.84. The Hall–Kier alpha value is -1.03. The van der Waals surface area contributed by atoms with Crippen molar-refractivity contribution in [3.05, 3.63) is 12.0 Å². The van der Waals surface area contributed by atoms with Crippen molar-refractivity contribution in [1.82, 2.24) is 10.5 Å². The molecule has 1 aromatic heterocycles. The normalized spacial score (nSPS) is 10.1. The van der Waals surface area contributed by atoms with Gasteiger partial charge in [0.05, 0.1) is 18.4 Å². The van der Waals surface area contributed by atoms with E-state index in [1.165, 1.54) is 6.20 Å². The van der Waals surface area contributed by atoms with Gasteiger partial charge in [-0.05, 0) is 6.54 Å². The van der Waals surface area contributed by atoms with Crippen LogP contribution in [0.4, 0.5) is 5.69 Å². The summed E-state index contributed by atoms with van der Waals surface area (Å²) in [6.45, 7) is 3.58. The third-order valence-electron chi connectivity index (χ3n) is 1.21. The number of nitrogens with two attached hydrogens (primary N) is 1. The smallest absolute Gasteiger partial charge is 0.173 e. The van der Waals surface area contributed by atoms with Crippen LogP contribution in [0, 0.1) is 0 Å². The van der Waals surface area contributed by atoms with Crippen molar-refractivity contribution in [3.8, 4) is 0 Å². The largest absolute Gasteiger partial charge is 0.395 e. The molecule has 4 heteroatoms. The molecule has 0 spiro atoms. The Morgan fingerprint density at radius 3 is 3.10 bits per heavy atom. The zero-order chi connectivity index (χ0) is 7.40. The number of nitrogens with one attached hydrogen (secondary N) is 1. The van der Waals surface area contributed by atoms with Crippen LogP contribution in [0.2, 0.25) is 0 Å². The van der Waals surface area contributed by atoms with Gasteiger partial charge >= 0.3 is 0 Å². The fourth-order valence-electron chi connectivity index (χ4n) is 0.644. The molecular formula is C6H11N3O. The molecule has 56 valence electrons. The van der Waals surface area contributed by atoms with Crippen molar-refractivity contribution < 1.29 is 4.52 Å². The fraction of sp³-hybridized carbons (Fsp3) is 0.500. The molecule has 1 rings (SSSR count). The van der Waals surface area contributed by atoms with Gasteiger partial charge < -0.3 is 15.6 Å². The lowest BCUT2D eigenvalue weighted by Crippen LogP contribution is -2.11. The van der Waals surface area contributed by atoms with E-state index in [0.717, 1.165) is 6.54 Å². The minimum Gasteiger partial charge on any atom is -0.395 e. The van der Waals surface area contributed by atoms with Gasteiger partial charge in [0.1, 0.15) is 0 Å². The Bertz CT molecular complexity index is 197. The molecule has 0 aliphatic carbocycles. The summed E-state index contributed by atoms with van der Waals surface area (Å²) in [6.07, 6.45) is 1.51. The van der Waals surface area contributed by atoms with Crippen LogP contribution in [0.1, 0.15) is 12.7 Å². The molecule has 0 radical (unpaired) electrons. The standard InChI is InChI=1S/C6H11N3O/c1-2-8-4-6-5(7)3-9-10-6/h3,8H,2,4,7H2,1H3. The first-order valence-electron chi connectivity index (χ1n) is 3.24. The van der Waals surface area contributed by atoms with E-state index in [2.05, 4.69) is 10.5 Å². The van der Waals surface area contributed by atoms with Gasteiger partial charge in [0.2, 0.25) is 0 Å². The van der Waals surface area contributed by atoms with Crippen molar-refractivity contribution in [3.63, 3.8) is 0 Å². The monoisotopic (exact) mass is 141 g/mol. The average Bonchev–Trinajstić information content (AvgIpc) is 2.31. The minimum absolute atomic E-state index is 0.612. The van der Waals surface area contributed by atoms with Gasteiger partial charge in [-0.3, -0.25) is 0 Å². The summed E-state index contributed by atoms with van der Waals surface area (Å²) in [5, 5.41) is 6.61. The summed E-state index contributed by atoms with van der Waals surface area (Å²) < 4.78 is 4.83. The molecule has 0 aliphatic heterocycles. The number of aromatic nitrogens is 1. The highest BCUT2D eigenvalue weighted by Crippen LogP contribution is 2.07. The molecule has 0 saturated heterocycles. The van der Waals surface area contributed by atoms with Gasteiger partial charge in [-0.15, -0.1) is 0 Å². The Morgan fingerprint density at radius 1 is 1.80 bits per heavy atom. The number of nitrogen functional groups attached to an aromatic ring is 1. The van der Waals surface area contributed by atoms with Crippen LogP contribution in [0.15, 0.2) is 10.7 Å². The number of anilines is 1. The first-order valence-corrected chi connectivity index (χ1v) is 3.24. The molecule has 0 fully saturated rings. The second kappa shape index (κ2) is 3.22. The van der Waals surface area contributed by atoms with Crippen LogP contribution >= 0.6 is 0 Å². The quantitative estimate of drug-likeness (QED) is 0.638. The third kappa shape index (κ3) is 1.48. The highest BCUT2D eigenvalue weighted by atomic mass is 16.5. The van der Waals surface area contributed by atoms with Crippen molar-refractivity contribution in [2.45, 2.75) is 13.5 Å². The minimum atomic E-state index is 0.612. The van der Waals surface area contributed by atoms with Crippen LogP contribution in [0.5, 0.6) is 0 Å². The van der Waals surface area contributed by atoms with Gasteiger partial charge in [0, 0.05) is 0 Å². The molecule has 3 N–H and O–H groups in total. The van der Waals surface area contributed by atoms with Crippen molar-refractivity contribution in [1.29, 1.82) is 0 Å². The molecule has 0 bridgehead atoms. The predicted molar refractivity (Wildman–Crippen MR) is 38.3 cm³/mol. The maximum absolute atomic E-state index is 5.49. The molecule has 0 amide bonds. The maximum atomic E-state index is 5.49. The first kappa shape index (κ1) is 7.08. The predicted octanol–water partition coefficient (Wildman–Crippen LogP) is 0.366. The Morgan fingerprint density at radius 2 is 2.60 bits per heavy atom. The van der Waals surface area contributed by atoms with Gasteiger partial charge in [-0.2, -0.15) is 0 Å². The molecule has 0 aliphatic rings. The molecule has 0 saturated carbocycles. The number of nitrogens with zero attached hydrogens (tertiary/aromatic N) is 1. The van der Waals surface area contributed by atoms with E-state index in [-0.39, 0.29) is 0 Å². The van der Waals surface area contributed by atoms with Crippen LogP contribution in [0.3, 0.4) is 0 Å². The molecule has 4 nitrogen and oxygen atoms in total. The molecule has 1 heterocycles. The lowest BCUT2D eigenvalue weighted by molar-refractivity contribution is 0.375. The van der Waals surface area contributed by atoms with Gasteiger partial charge in [-0.25, -0.2) is 0 Å².